The molecule has 0 aromatic carbocycles. The van der Waals surface area contributed by atoms with E-state index in [1.54, 1.807) is 6.92 Å². The summed E-state index contributed by atoms with van der Waals surface area (Å²) in [6, 6.07) is 0. The van der Waals surface area contributed by atoms with Crippen molar-refractivity contribution in [1.82, 2.24) is 0 Å². The molecule has 0 rings (SSSR count). The quantitative estimate of drug-likeness (QED) is 0.0566. The summed E-state index contributed by atoms with van der Waals surface area (Å²) < 4.78 is 15.6. The second kappa shape index (κ2) is 23.7. The number of ether oxygens (including phenoxy) is 1. The van der Waals surface area contributed by atoms with Crippen LogP contribution in [-0.2, 0) is 13.8 Å². The van der Waals surface area contributed by atoms with E-state index < -0.39 is 35.3 Å². The Bertz CT molecular complexity index is 454. The maximum atomic E-state index is 9.86. The van der Waals surface area contributed by atoms with Gasteiger partial charge in [-0.1, -0.05) is 76.9 Å². The van der Waals surface area contributed by atoms with Crippen molar-refractivity contribution in [3.63, 3.8) is 0 Å². The lowest BCUT2D eigenvalue weighted by Gasteiger charge is -2.36. The smallest absolute Gasteiger partial charge is 0.327 e. The van der Waals surface area contributed by atoms with E-state index in [4.69, 9.17) is 33.4 Å². The third-order valence-electron chi connectivity index (χ3n) is 6.14. The molecule has 204 valence electrons. The van der Waals surface area contributed by atoms with E-state index in [0.29, 0.717) is 6.61 Å². The van der Waals surface area contributed by atoms with Crippen LogP contribution in [0.4, 0.5) is 0 Å². The first-order valence-electron chi connectivity index (χ1n) is 12.9. The van der Waals surface area contributed by atoms with Crippen LogP contribution in [0.5, 0.6) is 0 Å². The Balaban J connectivity index is 3.86. The molecule has 34 heavy (non-hydrogen) atoms. The second-order valence-corrected chi connectivity index (χ2v) is 10.6. The van der Waals surface area contributed by atoms with Crippen molar-refractivity contribution in [2.24, 2.45) is 5.41 Å². The summed E-state index contributed by atoms with van der Waals surface area (Å²) in [5.74, 6) is 0. The number of hydrogen-bond donors (Lipinski definition) is 5. The number of allylic oxidation sites excluding steroid dienone is 2. The van der Waals surface area contributed by atoms with E-state index in [1.807, 2.05) is 0 Å². The van der Waals surface area contributed by atoms with Crippen LogP contribution in [0.25, 0.3) is 0 Å². The lowest BCUT2D eigenvalue weighted by atomic mass is 9.85. The molecule has 0 radical (unpaired) electrons. The van der Waals surface area contributed by atoms with Crippen molar-refractivity contribution in [3.8, 4) is 0 Å². The van der Waals surface area contributed by atoms with Crippen molar-refractivity contribution < 1.29 is 38.5 Å². The number of aliphatic hydroxyl groups excluding tert-OH is 1. The molecule has 0 heterocycles. The van der Waals surface area contributed by atoms with E-state index in [2.05, 4.69) is 19.1 Å². The molecule has 0 aliphatic rings. The third kappa shape index (κ3) is 19.5. The molecular weight excluding hydrogens is 478 g/mol. The zero-order valence-electron chi connectivity index (χ0n) is 21.3. The maximum absolute atomic E-state index is 9.86. The molecule has 5 N–H and O–H groups in total. The molecule has 10 heteroatoms. The van der Waals surface area contributed by atoms with Gasteiger partial charge in [0.05, 0.1) is 31.3 Å². The van der Waals surface area contributed by atoms with Gasteiger partial charge in [0.25, 0.3) is 0 Å². The highest BCUT2D eigenvalue weighted by Gasteiger charge is 2.39. The molecule has 0 fully saturated rings. The summed E-state index contributed by atoms with van der Waals surface area (Å²) in [4.78, 5) is 36.2. The summed E-state index contributed by atoms with van der Waals surface area (Å²) in [6.07, 6.45) is 21.4. The average molecular weight is 529 g/mol. The maximum Gasteiger partial charge on any atom is 0.327 e. The first-order valence-corrected chi connectivity index (χ1v) is 15.2. The summed E-state index contributed by atoms with van der Waals surface area (Å²) in [5, 5.41) is 9.86. The third-order valence-corrected chi connectivity index (χ3v) is 6.86. The number of unbranched alkanes of at least 4 members (excludes halogenated alkanes) is 12. The largest absolute Gasteiger partial charge is 0.396 e. The van der Waals surface area contributed by atoms with Crippen LogP contribution in [0.1, 0.15) is 104 Å². The summed E-state index contributed by atoms with van der Waals surface area (Å²) >= 11 is 0. The molecule has 0 aromatic heterocycles. The Morgan fingerprint density at radius 3 is 1.59 bits per heavy atom. The number of hydrogen-bond acceptors (Lipinski definition) is 8. The fourth-order valence-electron chi connectivity index (χ4n) is 3.66. The van der Waals surface area contributed by atoms with Crippen molar-refractivity contribution in [1.29, 1.82) is 0 Å². The fourth-order valence-corrected chi connectivity index (χ4v) is 4.40. The molecule has 1 unspecified atom stereocenters. The fraction of sp³-hybridized carbons (Fsp3) is 0.917. The molecule has 1 atom stereocenters. The minimum atomic E-state index is -2.60. The van der Waals surface area contributed by atoms with Gasteiger partial charge in [-0.3, -0.25) is 0 Å². The molecule has 0 aliphatic heterocycles. The Hall–Kier alpha value is 0.280. The van der Waals surface area contributed by atoms with Gasteiger partial charge in [-0.25, -0.2) is 0 Å². The summed E-state index contributed by atoms with van der Waals surface area (Å²) in [6.45, 7) is 3.58. The van der Waals surface area contributed by atoms with Gasteiger partial charge in [-0.05, 0) is 39.0 Å². The Morgan fingerprint density at radius 2 is 1.15 bits per heavy atom. The normalized spacial score (nSPS) is 13.6. The van der Waals surface area contributed by atoms with Crippen LogP contribution in [0.15, 0.2) is 12.2 Å². The molecule has 0 bridgehead atoms. The van der Waals surface area contributed by atoms with Crippen molar-refractivity contribution >= 4 is 17.2 Å². The lowest BCUT2D eigenvalue weighted by Crippen LogP contribution is -2.46. The standard InChI is InChI=1S/C24H50O8P2/c1-3-4-5-6-7-8-9-10-11-12-13-14-15-16-17-18-19-30-23(2)24(20-25,21-31-33(26)27)22-32-34(28)29/h10-11,23,25-29H,3-9,12-22H2,1-2H3. The minimum Gasteiger partial charge on any atom is -0.396 e. The zero-order chi connectivity index (χ0) is 25.5. The second-order valence-electron chi connectivity index (χ2n) is 9.02. The highest BCUT2D eigenvalue weighted by molar-refractivity contribution is 7.39. The van der Waals surface area contributed by atoms with E-state index >= 15 is 0 Å². The summed E-state index contributed by atoms with van der Waals surface area (Å²) in [5.41, 5.74) is -1.12. The summed E-state index contributed by atoms with van der Waals surface area (Å²) in [7, 11) is -5.20. The van der Waals surface area contributed by atoms with Crippen LogP contribution in [0.2, 0.25) is 0 Å². The van der Waals surface area contributed by atoms with Crippen LogP contribution in [0.3, 0.4) is 0 Å². The minimum absolute atomic E-state index is 0.236. The van der Waals surface area contributed by atoms with Gasteiger partial charge in [-0.2, -0.15) is 0 Å². The molecule has 0 saturated carbocycles. The molecule has 0 spiro atoms. The highest BCUT2D eigenvalue weighted by Crippen LogP contribution is 2.36. The molecular formula is C24H50O8P2. The van der Waals surface area contributed by atoms with E-state index in [0.717, 1.165) is 25.7 Å². The Labute approximate surface area is 209 Å². The van der Waals surface area contributed by atoms with Gasteiger partial charge >= 0.3 is 17.2 Å². The Morgan fingerprint density at radius 1 is 0.706 bits per heavy atom. The first-order chi connectivity index (χ1) is 16.4. The van der Waals surface area contributed by atoms with Gasteiger partial charge in [-0.15, -0.1) is 0 Å². The SMILES string of the molecule is CCCCCCCCC=CCCCCCCCCOC(C)C(CO)(COP(O)O)COP(O)O. The highest BCUT2D eigenvalue weighted by atomic mass is 31.2. The van der Waals surface area contributed by atoms with Crippen molar-refractivity contribution in [2.75, 3.05) is 26.4 Å². The van der Waals surface area contributed by atoms with Gasteiger partial charge < -0.3 is 38.5 Å². The van der Waals surface area contributed by atoms with Crippen LogP contribution in [0, 0.1) is 5.41 Å². The van der Waals surface area contributed by atoms with Gasteiger partial charge in [0.2, 0.25) is 0 Å². The van der Waals surface area contributed by atoms with Crippen LogP contribution < -0.4 is 0 Å². The number of rotatable bonds is 25. The van der Waals surface area contributed by atoms with Crippen LogP contribution in [-0.4, -0.2) is 57.2 Å². The molecule has 0 saturated heterocycles. The average Bonchev–Trinajstić information content (AvgIpc) is 2.81. The van der Waals surface area contributed by atoms with E-state index in [-0.39, 0.29) is 13.2 Å². The van der Waals surface area contributed by atoms with Crippen LogP contribution >= 0.6 is 17.2 Å². The monoisotopic (exact) mass is 528 g/mol. The van der Waals surface area contributed by atoms with E-state index in [9.17, 15) is 5.11 Å². The molecule has 0 amide bonds. The van der Waals surface area contributed by atoms with Crippen molar-refractivity contribution in [3.05, 3.63) is 12.2 Å². The predicted molar refractivity (Wildman–Crippen MR) is 139 cm³/mol. The molecule has 0 aromatic rings. The lowest BCUT2D eigenvalue weighted by molar-refractivity contribution is -0.0985. The van der Waals surface area contributed by atoms with E-state index in [1.165, 1.54) is 64.2 Å². The van der Waals surface area contributed by atoms with Gasteiger partial charge in [0.1, 0.15) is 0 Å². The topological polar surface area (TPSA) is 129 Å². The van der Waals surface area contributed by atoms with Gasteiger partial charge in [0, 0.05) is 6.61 Å². The molecule has 8 nitrogen and oxygen atoms in total. The Kier molecular flexibility index (Phi) is 23.9. The zero-order valence-corrected chi connectivity index (χ0v) is 23.1. The number of aliphatic hydroxyl groups is 1. The molecule has 0 aliphatic carbocycles. The van der Waals surface area contributed by atoms with Crippen molar-refractivity contribution in [2.45, 2.75) is 110 Å². The van der Waals surface area contributed by atoms with Gasteiger partial charge in [0.15, 0.2) is 0 Å². The predicted octanol–water partition coefficient (Wildman–Crippen LogP) is 5.86. The first kappa shape index (κ1) is 34.3.